The topological polar surface area (TPSA) is 93.4 Å². The number of aromatic nitrogens is 5. The van der Waals surface area contributed by atoms with Gasteiger partial charge in [-0.05, 0) is 35.3 Å². The first-order valence-corrected chi connectivity index (χ1v) is 6.74. The third kappa shape index (κ3) is 2.34. The predicted octanol–water partition coefficient (Wildman–Crippen LogP) is 2.06. The quantitative estimate of drug-likeness (QED) is 0.760. The second-order valence-corrected chi connectivity index (χ2v) is 5.28. The zero-order valence-electron chi connectivity index (χ0n) is 9.07. The molecule has 0 fully saturated rings. The molecule has 3 aromatic heterocycles. The second kappa shape index (κ2) is 4.75. The average molecular weight is 276 g/mol. The lowest BCUT2D eigenvalue weighted by molar-refractivity contribution is 0.922. The van der Waals surface area contributed by atoms with E-state index in [1.165, 1.54) is 11.8 Å². The number of nitrogens with two attached hydrogens (primary N) is 1. The van der Waals surface area contributed by atoms with Gasteiger partial charge < -0.3 is 5.73 Å². The van der Waals surface area contributed by atoms with Crippen LogP contribution in [0.4, 0.5) is 5.82 Å². The molecule has 0 aromatic carbocycles. The van der Waals surface area contributed by atoms with E-state index >= 15 is 0 Å². The van der Waals surface area contributed by atoms with Crippen molar-refractivity contribution in [2.45, 2.75) is 10.2 Å². The molecule has 6 nitrogen and oxygen atoms in total. The molecule has 0 spiro atoms. The van der Waals surface area contributed by atoms with Crippen molar-refractivity contribution >= 4 is 28.9 Å². The fourth-order valence-corrected chi connectivity index (χ4v) is 2.59. The van der Waals surface area contributed by atoms with Gasteiger partial charge in [-0.1, -0.05) is 6.07 Å². The standard InChI is InChI=1S/C10H8N6S2/c11-7-3-4-8(14-13-7)18-10-12-9(15-16-10)6-2-1-5-17-6/h1-5H,(H2,11,13)(H,12,15,16). The van der Waals surface area contributed by atoms with Crippen LogP contribution in [0.3, 0.4) is 0 Å². The molecule has 3 N–H and O–H groups in total. The summed E-state index contributed by atoms with van der Waals surface area (Å²) < 4.78 is 0. The van der Waals surface area contributed by atoms with Crippen LogP contribution >= 0.6 is 23.1 Å². The third-order valence-electron chi connectivity index (χ3n) is 2.08. The van der Waals surface area contributed by atoms with Crippen molar-refractivity contribution in [1.82, 2.24) is 25.4 Å². The summed E-state index contributed by atoms with van der Waals surface area (Å²) in [6, 6.07) is 7.44. The van der Waals surface area contributed by atoms with E-state index in [2.05, 4.69) is 25.4 Å². The number of thiophene rings is 1. The Kier molecular flexibility index (Phi) is 2.95. The van der Waals surface area contributed by atoms with E-state index in [4.69, 9.17) is 5.73 Å². The van der Waals surface area contributed by atoms with Crippen LogP contribution in [0.2, 0.25) is 0 Å². The van der Waals surface area contributed by atoms with Gasteiger partial charge in [-0.15, -0.1) is 26.6 Å². The van der Waals surface area contributed by atoms with Gasteiger partial charge in [0.1, 0.15) is 10.8 Å². The molecule has 0 aliphatic heterocycles. The fourth-order valence-electron chi connectivity index (χ4n) is 1.29. The number of nitrogens with zero attached hydrogens (tertiary/aromatic N) is 4. The van der Waals surface area contributed by atoms with E-state index in [9.17, 15) is 0 Å². The number of hydrogen-bond donors (Lipinski definition) is 2. The summed E-state index contributed by atoms with van der Waals surface area (Å²) in [5.41, 5.74) is 5.47. The van der Waals surface area contributed by atoms with Gasteiger partial charge in [0.05, 0.1) is 4.88 Å². The zero-order chi connectivity index (χ0) is 12.4. The molecule has 0 bridgehead atoms. The second-order valence-electron chi connectivity index (χ2n) is 3.34. The molecule has 0 radical (unpaired) electrons. The molecule has 0 atom stereocenters. The number of nitrogens with one attached hydrogen (secondary N) is 1. The highest BCUT2D eigenvalue weighted by Crippen LogP contribution is 2.26. The van der Waals surface area contributed by atoms with Crippen molar-refractivity contribution in [3.8, 4) is 10.7 Å². The molecular formula is C10H8N6S2. The maximum atomic E-state index is 5.47. The maximum Gasteiger partial charge on any atom is 0.215 e. The number of H-pyrrole nitrogens is 1. The van der Waals surface area contributed by atoms with Gasteiger partial charge in [-0.3, -0.25) is 5.10 Å². The first-order chi connectivity index (χ1) is 8.81. The monoisotopic (exact) mass is 276 g/mol. The number of aromatic amines is 1. The van der Waals surface area contributed by atoms with E-state index < -0.39 is 0 Å². The Labute approximate surface area is 111 Å². The number of anilines is 1. The van der Waals surface area contributed by atoms with Crippen molar-refractivity contribution in [2.24, 2.45) is 0 Å². The summed E-state index contributed by atoms with van der Waals surface area (Å²) in [5.74, 6) is 1.16. The van der Waals surface area contributed by atoms with Crippen LogP contribution in [0.1, 0.15) is 0 Å². The Hall–Kier alpha value is -1.93. The molecule has 0 amide bonds. The highest BCUT2D eigenvalue weighted by molar-refractivity contribution is 7.99. The molecule has 0 aliphatic rings. The third-order valence-corrected chi connectivity index (χ3v) is 3.74. The van der Waals surface area contributed by atoms with Gasteiger partial charge in [0.15, 0.2) is 5.82 Å². The molecule has 3 heterocycles. The smallest absolute Gasteiger partial charge is 0.215 e. The van der Waals surface area contributed by atoms with Crippen molar-refractivity contribution in [1.29, 1.82) is 0 Å². The Bertz CT molecular complexity index is 631. The molecule has 0 saturated carbocycles. The lowest BCUT2D eigenvalue weighted by Crippen LogP contribution is -1.92. The summed E-state index contributed by atoms with van der Waals surface area (Å²) in [6.45, 7) is 0. The fraction of sp³-hybridized carbons (Fsp3) is 0. The Morgan fingerprint density at radius 3 is 2.89 bits per heavy atom. The largest absolute Gasteiger partial charge is 0.382 e. The molecule has 8 heteroatoms. The predicted molar refractivity (Wildman–Crippen MR) is 70.3 cm³/mol. The van der Waals surface area contributed by atoms with E-state index in [-0.39, 0.29) is 0 Å². The highest BCUT2D eigenvalue weighted by atomic mass is 32.2. The van der Waals surface area contributed by atoms with Gasteiger partial charge in [0, 0.05) is 0 Å². The summed E-state index contributed by atoms with van der Waals surface area (Å²) >= 11 is 2.95. The van der Waals surface area contributed by atoms with Gasteiger partial charge in [0.2, 0.25) is 5.16 Å². The molecule has 90 valence electrons. The minimum Gasteiger partial charge on any atom is -0.382 e. The summed E-state index contributed by atoms with van der Waals surface area (Å²) in [5, 5.41) is 18.1. The Balaban J connectivity index is 1.80. The molecule has 0 unspecified atom stereocenters. The first kappa shape index (κ1) is 11.2. The van der Waals surface area contributed by atoms with Crippen LogP contribution in [0.5, 0.6) is 0 Å². The molecule has 18 heavy (non-hydrogen) atoms. The van der Waals surface area contributed by atoms with Crippen molar-refractivity contribution < 1.29 is 0 Å². The normalized spacial score (nSPS) is 10.7. The van der Waals surface area contributed by atoms with Gasteiger partial charge in [-0.2, -0.15) is 0 Å². The van der Waals surface area contributed by atoms with Crippen molar-refractivity contribution in [2.75, 3.05) is 5.73 Å². The minimum atomic E-state index is 0.397. The molecule has 0 aliphatic carbocycles. The van der Waals surface area contributed by atoms with Gasteiger partial charge >= 0.3 is 0 Å². The summed E-state index contributed by atoms with van der Waals surface area (Å²) in [7, 11) is 0. The number of hydrogen-bond acceptors (Lipinski definition) is 7. The molecule has 3 rings (SSSR count). The van der Waals surface area contributed by atoms with Crippen LogP contribution in [0, 0.1) is 0 Å². The first-order valence-electron chi connectivity index (χ1n) is 5.04. The minimum absolute atomic E-state index is 0.397. The lowest BCUT2D eigenvalue weighted by Gasteiger charge is -1.94. The van der Waals surface area contributed by atoms with Crippen LogP contribution in [-0.2, 0) is 0 Å². The number of nitrogen functional groups attached to an aromatic ring is 1. The van der Waals surface area contributed by atoms with Crippen LogP contribution in [0.25, 0.3) is 10.7 Å². The molecule has 0 saturated heterocycles. The zero-order valence-corrected chi connectivity index (χ0v) is 10.7. The Morgan fingerprint density at radius 2 is 2.17 bits per heavy atom. The lowest BCUT2D eigenvalue weighted by atomic mass is 10.4. The Morgan fingerprint density at radius 1 is 1.22 bits per heavy atom. The van der Waals surface area contributed by atoms with Crippen molar-refractivity contribution in [3.63, 3.8) is 0 Å². The van der Waals surface area contributed by atoms with Gasteiger partial charge in [-0.25, -0.2) is 4.98 Å². The van der Waals surface area contributed by atoms with E-state index in [0.717, 1.165) is 10.7 Å². The van der Waals surface area contributed by atoms with E-state index in [1.807, 2.05) is 17.5 Å². The van der Waals surface area contributed by atoms with Crippen molar-refractivity contribution in [3.05, 3.63) is 29.6 Å². The molecule has 3 aromatic rings. The average Bonchev–Trinajstić information content (AvgIpc) is 3.02. The van der Waals surface area contributed by atoms with E-state index in [0.29, 0.717) is 16.0 Å². The van der Waals surface area contributed by atoms with E-state index in [1.54, 1.807) is 23.5 Å². The maximum absolute atomic E-state index is 5.47. The summed E-state index contributed by atoms with van der Waals surface area (Å²) in [4.78, 5) is 5.43. The summed E-state index contributed by atoms with van der Waals surface area (Å²) in [6.07, 6.45) is 0. The van der Waals surface area contributed by atoms with Crippen LogP contribution < -0.4 is 5.73 Å². The SMILES string of the molecule is Nc1ccc(Sc2n[nH]c(-c3cccs3)n2)nn1. The van der Waals surface area contributed by atoms with Crippen LogP contribution in [0.15, 0.2) is 39.8 Å². The molecular weight excluding hydrogens is 268 g/mol. The highest BCUT2D eigenvalue weighted by Gasteiger charge is 2.08. The van der Waals surface area contributed by atoms with Crippen LogP contribution in [-0.4, -0.2) is 25.4 Å². The van der Waals surface area contributed by atoms with Gasteiger partial charge in [0.25, 0.3) is 0 Å². The number of rotatable bonds is 3.